The zero-order valence-electron chi connectivity index (χ0n) is 19.1. The predicted molar refractivity (Wildman–Crippen MR) is 128 cm³/mol. The van der Waals surface area contributed by atoms with Crippen LogP contribution in [0.15, 0.2) is 58.1 Å². The van der Waals surface area contributed by atoms with Crippen LogP contribution in [0, 0.1) is 0 Å². The van der Waals surface area contributed by atoms with Crippen LogP contribution in [0.5, 0.6) is 5.75 Å². The highest BCUT2D eigenvalue weighted by Crippen LogP contribution is 2.23. The second-order valence-corrected chi connectivity index (χ2v) is 8.30. The number of hydrogen-bond acceptors (Lipinski definition) is 5. The molecule has 0 bridgehead atoms. The minimum atomic E-state index is -0.494. The highest BCUT2D eigenvalue weighted by molar-refractivity contribution is 5.99. The third kappa shape index (κ3) is 5.17. The number of ether oxygens (including phenoxy) is 1. The number of carbonyl (C=O) groups is 2. The van der Waals surface area contributed by atoms with Crippen molar-refractivity contribution >= 4 is 11.7 Å². The van der Waals surface area contributed by atoms with Gasteiger partial charge >= 0.3 is 5.69 Å². The summed E-state index contributed by atoms with van der Waals surface area (Å²) in [6.07, 6.45) is 3.16. The molecule has 176 valence electrons. The van der Waals surface area contributed by atoms with Crippen molar-refractivity contribution in [1.29, 1.82) is 0 Å². The highest BCUT2D eigenvalue weighted by atomic mass is 16.5. The fraction of sp³-hybridized carbons (Fsp3) is 0.308. The molecule has 0 saturated carbocycles. The van der Waals surface area contributed by atoms with Crippen molar-refractivity contribution in [3.63, 3.8) is 0 Å². The third-order valence-corrected chi connectivity index (χ3v) is 6.14. The monoisotopic (exact) mass is 461 g/mol. The van der Waals surface area contributed by atoms with Crippen LogP contribution in [0.3, 0.4) is 0 Å². The van der Waals surface area contributed by atoms with Crippen LogP contribution in [0.1, 0.15) is 40.9 Å². The van der Waals surface area contributed by atoms with Crippen LogP contribution in [0.4, 0.5) is 0 Å². The number of H-pyrrole nitrogens is 1. The van der Waals surface area contributed by atoms with Gasteiger partial charge < -0.3 is 10.1 Å². The molecule has 8 heteroatoms. The Bertz CT molecular complexity index is 1300. The maximum Gasteiger partial charge on any atom is 0.328 e. The SMILES string of the molecule is COc1ccc(-c2ccc(C(=O)CNC(=O)CCn3c4c(c(=O)[nH]c3=O)CCCC4)cc2)cc1. The lowest BCUT2D eigenvalue weighted by atomic mass is 9.97. The number of nitrogens with one attached hydrogen (secondary N) is 2. The van der Waals surface area contributed by atoms with Gasteiger partial charge in [0.05, 0.1) is 13.7 Å². The molecular weight excluding hydrogens is 434 g/mol. The summed E-state index contributed by atoms with van der Waals surface area (Å²) in [5, 5.41) is 2.63. The second-order valence-electron chi connectivity index (χ2n) is 8.30. The maximum atomic E-state index is 12.5. The molecule has 0 saturated heterocycles. The van der Waals surface area contributed by atoms with Crippen LogP contribution in [-0.2, 0) is 24.2 Å². The van der Waals surface area contributed by atoms with Crippen LogP contribution < -0.4 is 21.3 Å². The number of rotatable bonds is 8. The van der Waals surface area contributed by atoms with E-state index < -0.39 is 5.69 Å². The van der Waals surface area contributed by atoms with Crippen molar-refractivity contribution in [3.8, 4) is 16.9 Å². The lowest BCUT2D eigenvalue weighted by Crippen LogP contribution is -2.38. The van der Waals surface area contributed by atoms with Crippen molar-refractivity contribution in [2.24, 2.45) is 0 Å². The van der Waals surface area contributed by atoms with E-state index in [-0.39, 0.29) is 36.8 Å². The molecular formula is C26H27N3O5. The molecule has 0 aliphatic heterocycles. The van der Waals surface area contributed by atoms with E-state index in [1.54, 1.807) is 19.2 Å². The minimum Gasteiger partial charge on any atom is -0.497 e. The molecule has 0 unspecified atom stereocenters. The fourth-order valence-electron chi connectivity index (χ4n) is 4.25. The fourth-order valence-corrected chi connectivity index (χ4v) is 4.25. The molecule has 8 nitrogen and oxygen atoms in total. The number of Topliss-reactive ketones (excluding diaryl/α,β-unsaturated/α-hetero) is 1. The van der Waals surface area contributed by atoms with E-state index >= 15 is 0 Å². The molecule has 4 rings (SSSR count). The summed E-state index contributed by atoms with van der Waals surface area (Å²) >= 11 is 0. The predicted octanol–water partition coefficient (Wildman–Crippen LogP) is 2.48. The molecule has 1 amide bonds. The largest absolute Gasteiger partial charge is 0.497 e. The van der Waals surface area contributed by atoms with Gasteiger partial charge in [0.2, 0.25) is 5.91 Å². The molecule has 1 aliphatic carbocycles. The van der Waals surface area contributed by atoms with Crippen LogP contribution in [-0.4, -0.2) is 34.9 Å². The van der Waals surface area contributed by atoms with E-state index in [9.17, 15) is 19.2 Å². The second kappa shape index (κ2) is 10.3. The quantitative estimate of drug-likeness (QED) is 0.501. The summed E-state index contributed by atoms with van der Waals surface area (Å²) < 4.78 is 6.65. The number of aromatic amines is 1. The molecule has 0 spiro atoms. The Kier molecular flexibility index (Phi) is 7.06. The molecule has 0 atom stereocenters. The summed E-state index contributed by atoms with van der Waals surface area (Å²) in [6.45, 7) is 0.0356. The van der Waals surface area contributed by atoms with Crippen LogP contribution in [0.25, 0.3) is 11.1 Å². The normalized spacial score (nSPS) is 12.6. The topological polar surface area (TPSA) is 110 Å². The molecule has 0 radical (unpaired) electrons. The standard InChI is InChI=1S/C26H27N3O5/c1-34-20-12-10-18(11-13-20)17-6-8-19(9-7-17)23(30)16-27-24(31)14-15-29-22-5-3-2-4-21(22)25(32)28-26(29)33/h6-13H,2-5,14-16H2,1H3,(H,27,31)(H,28,32,33). The van der Waals surface area contributed by atoms with Gasteiger partial charge in [0, 0.05) is 29.8 Å². The van der Waals surface area contributed by atoms with Crippen molar-refractivity contribution in [2.75, 3.05) is 13.7 Å². The first-order valence-electron chi connectivity index (χ1n) is 11.4. The maximum absolute atomic E-state index is 12.5. The summed E-state index contributed by atoms with van der Waals surface area (Å²) in [5.74, 6) is 0.246. The van der Waals surface area contributed by atoms with E-state index in [4.69, 9.17) is 4.74 Å². The first-order valence-corrected chi connectivity index (χ1v) is 11.4. The Balaban J connectivity index is 1.32. The average molecular weight is 462 g/mol. The first kappa shape index (κ1) is 23.2. The van der Waals surface area contributed by atoms with E-state index in [0.717, 1.165) is 35.4 Å². The Morgan fingerprint density at radius 3 is 2.29 bits per heavy atom. The van der Waals surface area contributed by atoms with Gasteiger partial charge in [-0.3, -0.25) is 23.9 Å². The van der Waals surface area contributed by atoms with E-state index in [2.05, 4.69) is 10.3 Å². The summed E-state index contributed by atoms with van der Waals surface area (Å²) in [5.41, 5.74) is 3.02. The Labute approximate surface area is 196 Å². The molecule has 34 heavy (non-hydrogen) atoms. The Morgan fingerprint density at radius 1 is 0.971 bits per heavy atom. The lowest BCUT2D eigenvalue weighted by Gasteiger charge is -2.19. The van der Waals surface area contributed by atoms with Gasteiger partial charge in [-0.05, 0) is 48.9 Å². The Hall–Kier alpha value is -3.94. The smallest absolute Gasteiger partial charge is 0.328 e. The number of hydrogen-bond donors (Lipinski definition) is 2. The highest BCUT2D eigenvalue weighted by Gasteiger charge is 2.19. The number of methoxy groups -OCH3 is 1. The van der Waals surface area contributed by atoms with Crippen molar-refractivity contribution < 1.29 is 14.3 Å². The minimum absolute atomic E-state index is 0.0437. The lowest BCUT2D eigenvalue weighted by molar-refractivity contribution is -0.121. The third-order valence-electron chi connectivity index (χ3n) is 6.14. The first-order chi connectivity index (χ1) is 16.5. The molecule has 2 N–H and O–H groups in total. The van der Waals surface area contributed by atoms with Crippen molar-refractivity contribution in [1.82, 2.24) is 14.9 Å². The molecule has 1 heterocycles. The molecule has 3 aromatic rings. The molecule has 0 fully saturated rings. The zero-order valence-corrected chi connectivity index (χ0v) is 19.1. The van der Waals surface area contributed by atoms with Gasteiger partial charge in [0.1, 0.15) is 5.75 Å². The number of fused-ring (bicyclic) bond motifs is 1. The molecule has 2 aromatic carbocycles. The molecule has 1 aliphatic rings. The van der Waals surface area contributed by atoms with Crippen molar-refractivity contribution in [2.45, 2.75) is 38.6 Å². The van der Waals surface area contributed by atoms with Crippen LogP contribution >= 0.6 is 0 Å². The van der Waals surface area contributed by atoms with Crippen molar-refractivity contribution in [3.05, 3.63) is 86.2 Å². The summed E-state index contributed by atoms with van der Waals surface area (Å²) in [6, 6.07) is 14.8. The number of benzene rings is 2. The van der Waals surface area contributed by atoms with Crippen LogP contribution in [0.2, 0.25) is 0 Å². The van der Waals surface area contributed by atoms with Gasteiger partial charge in [-0.25, -0.2) is 4.79 Å². The van der Waals surface area contributed by atoms with Gasteiger partial charge in [-0.2, -0.15) is 0 Å². The van der Waals surface area contributed by atoms with E-state index in [1.807, 2.05) is 36.4 Å². The molecule has 1 aromatic heterocycles. The van der Waals surface area contributed by atoms with E-state index in [1.165, 1.54) is 4.57 Å². The number of carbonyl (C=O) groups excluding carboxylic acids is 2. The average Bonchev–Trinajstić information content (AvgIpc) is 2.87. The zero-order chi connectivity index (χ0) is 24.1. The number of nitrogens with zero attached hydrogens (tertiary/aromatic N) is 1. The number of ketones is 1. The summed E-state index contributed by atoms with van der Waals surface area (Å²) in [7, 11) is 1.62. The van der Waals surface area contributed by atoms with Gasteiger partial charge in [0.25, 0.3) is 5.56 Å². The van der Waals surface area contributed by atoms with Gasteiger partial charge in [-0.1, -0.05) is 36.4 Å². The summed E-state index contributed by atoms with van der Waals surface area (Å²) in [4.78, 5) is 51.5. The van der Waals surface area contributed by atoms with Gasteiger partial charge in [-0.15, -0.1) is 0 Å². The van der Waals surface area contributed by atoms with Gasteiger partial charge in [0.15, 0.2) is 5.78 Å². The number of aromatic nitrogens is 2. The number of amides is 1. The Morgan fingerprint density at radius 2 is 1.62 bits per heavy atom. The van der Waals surface area contributed by atoms with E-state index in [0.29, 0.717) is 24.0 Å².